The normalized spacial score (nSPS) is 10.8. The Hall–Kier alpha value is -3.56. The molecule has 3 aromatic rings. The molecule has 0 saturated heterocycles. The second-order valence-corrected chi connectivity index (χ2v) is 5.83. The van der Waals surface area contributed by atoms with Crippen LogP contribution < -0.4 is 11.1 Å². The van der Waals surface area contributed by atoms with Crippen molar-refractivity contribution >= 4 is 17.8 Å². The topological polar surface area (TPSA) is 138 Å². The van der Waals surface area contributed by atoms with E-state index in [2.05, 4.69) is 25.6 Å². The smallest absolute Gasteiger partial charge is 0.251 e. The Morgan fingerprint density at radius 1 is 1.48 bits per heavy atom. The summed E-state index contributed by atoms with van der Waals surface area (Å²) in [6.07, 6.45) is 0.984. The number of aryl methyl sites for hydroxylation is 2. The van der Waals surface area contributed by atoms with Crippen molar-refractivity contribution in [3.05, 3.63) is 34.8 Å². The Morgan fingerprint density at radius 3 is 2.81 bits per heavy atom. The maximum atomic E-state index is 15.0. The van der Waals surface area contributed by atoms with Crippen LogP contribution in [0.4, 0.5) is 10.1 Å². The summed E-state index contributed by atoms with van der Waals surface area (Å²) in [5.74, 6) is -1.36. The summed E-state index contributed by atoms with van der Waals surface area (Å²) in [4.78, 5) is 16.0. The Bertz CT molecular complexity index is 1040. The van der Waals surface area contributed by atoms with Crippen molar-refractivity contribution in [3.63, 3.8) is 0 Å². The number of anilines is 1. The van der Waals surface area contributed by atoms with E-state index in [-0.39, 0.29) is 22.5 Å². The van der Waals surface area contributed by atoms with Gasteiger partial charge in [-0.1, -0.05) is 0 Å². The second kappa shape index (κ2) is 6.98. The van der Waals surface area contributed by atoms with Crippen LogP contribution in [0, 0.1) is 18.2 Å². The Kier molecular flexibility index (Phi) is 4.72. The lowest BCUT2D eigenvalue weighted by Crippen LogP contribution is -2.16. The molecule has 1 amide bonds. The maximum Gasteiger partial charge on any atom is 0.251 e. The highest BCUT2D eigenvalue weighted by Gasteiger charge is 2.24. The second-order valence-electron chi connectivity index (χ2n) is 5.83. The van der Waals surface area contributed by atoms with Crippen molar-refractivity contribution in [2.24, 2.45) is 5.73 Å². The molecule has 0 radical (unpaired) electrons. The lowest BCUT2D eigenvalue weighted by molar-refractivity contribution is 0.0996. The SMILES string of the molecule is CCn1nc(C)cc1-c1n[nH]c(-c2c(F)c(C(N)=O)cc(NC)c2C=N)n1. The van der Waals surface area contributed by atoms with Crippen molar-refractivity contribution in [1.29, 1.82) is 5.41 Å². The van der Waals surface area contributed by atoms with E-state index in [9.17, 15) is 9.18 Å². The van der Waals surface area contributed by atoms with Crippen LogP contribution in [0.5, 0.6) is 0 Å². The molecule has 0 aliphatic rings. The minimum Gasteiger partial charge on any atom is -0.388 e. The molecule has 9 nitrogen and oxygen atoms in total. The molecular formula is C17H19FN8O. The van der Waals surface area contributed by atoms with Crippen LogP contribution >= 0.6 is 0 Å². The molecule has 2 aromatic heterocycles. The molecule has 0 aliphatic heterocycles. The summed E-state index contributed by atoms with van der Waals surface area (Å²) in [6.45, 7) is 4.41. The zero-order valence-electron chi connectivity index (χ0n) is 15.1. The van der Waals surface area contributed by atoms with Gasteiger partial charge in [-0.2, -0.15) is 10.2 Å². The third kappa shape index (κ3) is 3.05. The molecule has 140 valence electrons. The molecule has 0 bridgehead atoms. The fourth-order valence-electron chi connectivity index (χ4n) is 2.90. The quantitative estimate of drug-likeness (QED) is 0.491. The van der Waals surface area contributed by atoms with E-state index < -0.39 is 11.7 Å². The highest BCUT2D eigenvalue weighted by Crippen LogP contribution is 2.32. The van der Waals surface area contributed by atoms with E-state index in [4.69, 9.17) is 11.1 Å². The molecule has 2 heterocycles. The molecule has 0 saturated carbocycles. The Morgan fingerprint density at radius 2 is 2.22 bits per heavy atom. The first-order chi connectivity index (χ1) is 12.9. The number of H-pyrrole nitrogens is 1. The standard InChI is InChI=1S/C17H19FN8O/c1-4-26-12(5-8(2)25-26)16-22-17(24-23-16)13-10(7-19)11(21-3)6-9(14(13)18)15(20)27/h5-7,19,21H,4H2,1-3H3,(H2,20,27)(H,22,23,24). The molecule has 0 aliphatic carbocycles. The van der Waals surface area contributed by atoms with Gasteiger partial charge < -0.3 is 16.5 Å². The van der Waals surface area contributed by atoms with Gasteiger partial charge in [0, 0.05) is 31.1 Å². The monoisotopic (exact) mass is 370 g/mol. The molecular weight excluding hydrogens is 351 g/mol. The van der Waals surface area contributed by atoms with Crippen LogP contribution in [0.1, 0.15) is 28.5 Å². The summed E-state index contributed by atoms with van der Waals surface area (Å²) >= 11 is 0. The van der Waals surface area contributed by atoms with E-state index in [0.717, 1.165) is 11.9 Å². The maximum absolute atomic E-state index is 15.0. The number of aromatic amines is 1. The summed E-state index contributed by atoms with van der Waals surface area (Å²) in [5.41, 5.74) is 7.02. The first kappa shape index (κ1) is 18.2. The third-order valence-corrected chi connectivity index (χ3v) is 4.14. The van der Waals surface area contributed by atoms with Gasteiger partial charge >= 0.3 is 0 Å². The third-order valence-electron chi connectivity index (χ3n) is 4.14. The zero-order chi connectivity index (χ0) is 19.7. The molecule has 0 atom stereocenters. The number of carbonyl (C=O) groups excluding carboxylic acids is 1. The van der Waals surface area contributed by atoms with Crippen LogP contribution in [0.25, 0.3) is 22.9 Å². The van der Waals surface area contributed by atoms with Gasteiger partial charge in [0.25, 0.3) is 5.91 Å². The van der Waals surface area contributed by atoms with Crippen LogP contribution in [0.15, 0.2) is 12.1 Å². The zero-order valence-corrected chi connectivity index (χ0v) is 15.1. The van der Waals surface area contributed by atoms with Crippen molar-refractivity contribution in [1.82, 2.24) is 25.0 Å². The number of halogens is 1. The lowest BCUT2D eigenvalue weighted by Gasteiger charge is -2.13. The van der Waals surface area contributed by atoms with E-state index in [0.29, 0.717) is 23.8 Å². The number of aromatic nitrogens is 5. The average Bonchev–Trinajstić information content (AvgIpc) is 3.26. The highest BCUT2D eigenvalue weighted by atomic mass is 19.1. The van der Waals surface area contributed by atoms with E-state index in [1.54, 1.807) is 11.7 Å². The number of hydrogen-bond donors (Lipinski definition) is 4. The van der Waals surface area contributed by atoms with Gasteiger partial charge in [-0.25, -0.2) is 9.37 Å². The molecule has 0 unspecified atom stereocenters. The van der Waals surface area contributed by atoms with Crippen LogP contribution in [-0.4, -0.2) is 44.1 Å². The van der Waals surface area contributed by atoms with Crippen molar-refractivity contribution < 1.29 is 9.18 Å². The molecule has 3 rings (SSSR count). The van der Waals surface area contributed by atoms with Crippen LogP contribution in [0.3, 0.4) is 0 Å². The molecule has 0 fully saturated rings. The minimum atomic E-state index is -0.916. The fourth-order valence-corrected chi connectivity index (χ4v) is 2.90. The lowest BCUT2D eigenvalue weighted by atomic mass is 10.00. The highest BCUT2D eigenvalue weighted by molar-refractivity contribution is 6.01. The number of benzene rings is 1. The van der Waals surface area contributed by atoms with Crippen LogP contribution in [-0.2, 0) is 6.54 Å². The van der Waals surface area contributed by atoms with Gasteiger partial charge in [-0.15, -0.1) is 0 Å². The summed E-state index contributed by atoms with van der Waals surface area (Å²) in [5, 5.41) is 21.7. The Balaban J connectivity index is 2.22. The van der Waals surface area contributed by atoms with Gasteiger partial charge in [0.2, 0.25) is 0 Å². The number of nitrogens with zero attached hydrogens (tertiary/aromatic N) is 4. The number of rotatable bonds is 6. The molecule has 10 heteroatoms. The number of nitrogens with two attached hydrogens (primary N) is 1. The largest absolute Gasteiger partial charge is 0.388 e. The van der Waals surface area contributed by atoms with Crippen LogP contribution in [0.2, 0.25) is 0 Å². The Labute approximate surface area is 154 Å². The molecule has 5 N–H and O–H groups in total. The van der Waals surface area contributed by atoms with Gasteiger partial charge in [0.1, 0.15) is 11.5 Å². The van der Waals surface area contributed by atoms with Gasteiger partial charge in [-0.05, 0) is 26.0 Å². The summed E-state index contributed by atoms with van der Waals surface area (Å²) in [7, 11) is 1.60. The van der Waals surface area contributed by atoms with Crippen molar-refractivity contribution in [2.75, 3.05) is 12.4 Å². The molecule has 27 heavy (non-hydrogen) atoms. The molecule has 0 spiro atoms. The summed E-state index contributed by atoms with van der Waals surface area (Å²) in [6, 6.07) is 3.09. The van der Waals surface area contributed by atoms with E-state index in [1.807, 2.05) is 19.9 Å². The number of primary amides is 1. The van der Waals surface area contributed by atoms with Gasteiger partial charge in [0.15, 0.2) is 11.6 Å². The predicted octanol–water partition coefficient (Wildman–Crippen LogP) is 1.94. The number of carbonyl (C=O) groups is 1. The first-order valence-electron chi connectivity index (χ1n) is 8.23. The first-order valence-corrected chi connectivity index (χ1v) is 8.23. The van der Waals surface area contributed by atoms with E-state index in [1.165, 1.54) is 6.07 Å². The fraction of sp³-hybridized carbons (Fsp3) is 0.235. The predicted molar refractivity (Wildman–Crippen MR) is 99.4 cm³/mol. The number of amides is 1. The average molecular weight is 370 g/mol. The number of hydrogen-bond acceptors (Lipinski definition) is 6. The molecule has 1 aromatic carbocycles. The van der Waals surface area contributed by atoms with Gasteiger partial charge in [0.05, 0.1) is 16.8 Å². The summed E-state index contributed by atoms with van der Waals surface area (Å²) < 4.78 is 16.7. The van der Waals surface area contributed by atoms with Gasteiger partial charge in [-0.3, -0.25) is 14.6 Å². The van der Waals surface area contributed by atoms with Crippen molar-refractivity contribution in [2.45, 2.75) is 20.4 Å². The van der Waals surface area contributed by atoms with E-state index >= 15 is 0 Å². The number of nitrogens with one attached hydrogen (secondary N) is 3. The van der Waals surface area contributed by atoms with Crippen molar-refractivity contribution in [3.8, 4) is 22.9 Å². The minimum absolute atomic E-state index is 0.0521.